The number of nitrogens with one attached hydrogen (secondary N) is 2. The Bertz CT molecular complexity index is 908. The van der Waals surface area contributed by atoms with Gasteiger partial charge in [0, 0.05) is 37.5 Å². The maximum absolute atomic E-state index is 11.0. The van der Waals surface area contributed by atoms with Crippen LogP contribution < -0.4 is 15.6 Å². The average Bonchev–Trinajstić information content (AvgIpc) is 3.22. The summed E-state index contributed by atoms with van der Waals surface area (Å²) in [6.07, 6.45) is 0. The van der Waals surface area contributed by atoms with Gasteiger partial charge in [0.1, 0.15) is 5.37 Å². The minimum absolute atomic E-state index is 0.0498. The molecule has 0 fully saturated rings. The molecule has 9 heteroatoms. The first-order chi connectivity index (χ1) is 12.5. The molecular formula is C17H18N6O2S. The van der Waals surface area contributed by atoms with Crippen molar-refractivity contribution < 1.29 is 10.4 Å². The highest BCUT2D eigenvalue weighted by atomic mass is 32.2. The number of nitrogens with zero attached hydrogens (tertiary/aromatic N) is 4. The number of quaternary nitrogens is 1. The Labute approximate surface area is 154 Å². The predicted octanol–water partition coefficient (Wildman–Crippen LogP) is 1.76. The number of benzene rings is 2. The van der Waals surface area contributed by atoms with E-state index in [0.717, 1.165) is 22.0 Å². The van der Waals surface area contributed by atoms with Gasteiger partial charge in [0.05, 0.1) is 0 Å². The predicted molar refractivity (Wildman–Crippen MR) is 100.0 cm³/mol. The second kappa shape index (κ2) is 6.61. The second-order valence-corrected chi connectivity index (χ2v) is 7.21. The Morgan fingerprint density at radius 2 is 1.81 bits per heavy atom. The van der Waals surface area contributed by atoms with Gasteiger partial charge in [-0.2, -0.15) is 5.23 Å². The van der Waals surface area contributed by atoms with Crippen LogP contribution in [-0.2, 0) is 0 Å². The van der Waals surface area contributed by atoms with Crippen molar-refractivity contribution in [3.05, 3.63) is 59.3 Å². The summed E-state index contributed by atoms with van der Waals surface area (Å²) in [7, 11) is 4.03. The van der Waals surface area contributed by atoms with Crippen LogP contribution in [0, 0.1) is 5.21 Å². The van der Waals surface area contributed by atoms with Crippen LogP contribution in [0.15, 0.2) is 53.7 Å². The van der Waals surface area contributed by atoms with E-state index in [0.29, 0.717) is 5.82 Å². The summed E-state index contributed by atoms with van der Waals surface area (Å²) in [6.45, 7) is 0. The fourth-order valence-electron chi connectivity index (χ4n) is 2.75. The van der Waals surface area contributed by atoms with Gasteiger partial charge in [0.2, 0.25) is 5.16 Å². The summed E-state index contributed by atoms with van der Waals surface area (Å²) in [6, 6.07) is 15.0. The zero-order valence-corrected chi connectivity index (χ0v) is 15.1. The number of hydrogen-bond donors (Lipinski definition) is 3. The van der Waals surface area contributed by atoms with Crippen molar-refractivity contribution in [1.29, 1.82) is 0 Å². The fraction of sp³-hybridized carbons (Fsp3) is 0.176. The fourth-order valence-corrected chi connectivity index (χ4v) is 3.75. The van der Waals surface area contributed by atoms with Crippen LogP contribution in [0.5, 0.6) is 0 Å². The number of hydrogen-bond acceptors (Lipinski definition) is 7. The molecule has 0 aliphatic carbocycles. The van der Waals surface area contributed by atoms with E-state index in [4.69, 9.17) is 5.21 Å². The van der Waals surface area contributed by atoms with Crippen molar-refractivity contribution in [2.24, 2.45) is 0 Å². The van der Waals surface area contributed by atoms with Crippen LogP contribution >= 0.6 is 11.8 Å². The smallest absolute Gasteiger partial charge is 0.212 e. The molecule has 0 saturated carbocycles. The molecule has 2 heterocycles. The van der Waals surface area contributed by atoms with Crippen molar-refractivity contribution in [1.82, 2.24) is 14.9 Å². The molecular weight excluding hydrogens is 352 g/mol. The van der Waals surface area contributed by atoms with Crippen LogP contribution in [0.3, 0.4) is 0 Å². The van der Waals surface area contributed by atoms with Gasteiger partial charge in [-0.3, -0.25) is 0 Å². The first-order valence-corrected chi connectivity index (χ1v) is 8.90. The summed E-state index contributed by atoms with van der Waals surface area (Å²) in [4.78, 5) is 2.06. The van der Waals surface area contributed by atoms with Gasteiger partial charge in [-0.05, 0) is 29.8 Å². The van der Waals surface area contributed by atoms with Crippen molar-refractivity contribution >= 4 is 23.1 Å². The van der Waals surface area contributed by atoms with E-state index in [9.17, 15) is 5.21 Å². The largest absolute Gasteiger partial charge is 0.595 e. The third-order valence-corrected chi connectivity index (χ3v) is 5.29. The molecule has 4 rings (SSSR count). The Kier molecular flexibility index (Phi) is 4.29. The molecule has 0 spiro atoms. The van der Waals surface area contributed by atoms with Crippen LogP contribution in [0.25, 0.3) is 11.4 Å². The summed E-state index contributed by atoms with van der Waals surface area (Å²) in [5, 5.41) is 28.4. The topological polar surface area (TPSA) is 93.7 Å². The minimum atomic E-state index is -0.946. The summed E-state index contributed by atoms with van der Waals surface area (Å²) in [5.41, 5.74) is 6.77. The molecule has 8 nitrogen and oxygen atoms in total. The first kappa shape index (κ1) is 16.9. The van der Waals surface area contributed by atoms with E-state index in [1.807, 2.05) is 18.8 Å². The van der Waals surface area contributed by atoms with Gasteiger partial charge in [0.15, 0.2) is 11.5 Å². The standard InChI is InChI=1S/C17H18N6O2S/c1-21(2)13-7-5-12(6-8-13)16-20-22-15(18-19-17(22)26-16)11-3-9-14(10-4-11)23(24)25/h3-10,16,20,23-24H,1-2H3/t16-/m1/s1. The third kappa shape index (κ3) is 3.01. The number of aromatic nitrogens is 3. The normalized spacial score (nSPS) is 16.8. The molecule has 0 amide bonds. The van der Waals surface area contributed by atoms with E-state index in [-0.39, 0.29) is 11.1 Å². The molecule has 1 aromatic heterocycles. The Morgan fingerprint density at radius 1 is 1.12 bits per heavy atom. The van der Waals surface area contributed by atoms with Gasteiger partial charge < -0.3 is 15.5 Å². The third-order valence-electron chi connectivity index (χ3n) is 4.21. The summed E-state index contributed by atoms with van der Waals surface area (Å²) < 4.78 is 1.85. The molecule has 134 valence electrons. The summed E-state index contributed by atoms with van der Waals surface area (Å²) in [5.74, 6) is 0.664. The van der Waals surface area contributed by atoms with Crippen LogP contribution in [0.1, 0.15) is 10.9 Å². The molecule has 26 heavy (non-hydrogen) atoms. The van der Waals surface area contributed by atoms with E-state index >= 15 is 0 Å². The van der Waals surface area contributed by atoms with Gasteiger partial charge in [-0.25, -0.2) is 9.88 Å². The van der Waals surface area contributed by atoms with E-state index in [1.165, 1.54) is 0 Å². The lowest BCUT2D eigenvalue weighted by Gasteiger charge is -2.16. The lowest BCUT2D eigenvalue weighted by molar-refractivity contribution is -0.991. The Morgan fingerprint density at radius 3 is 2.42 bits per heavy atom. The highest BCUT2D eigenvalue weighted by Gasteiger charge is 2.28. The molecule has 2 atom stereocenters. The monoisotopic (exact) mass is 370 g/mol. The number of thioether (sulfide) groups is 1. The number of rotatable bonds is 4. The zero-order chi connectivity index (χ0) is 18.3. The zero-order valence-electron chi connectivity index (χ0n) is 14.2. The van der Waals surface area contributed by atoms with Crippen molar-refractivity contribution in [3.8, 4) is 11.4 Å². The van der Waals surface area contributed by atoms with Gasteiger partial charge >= 0.3 is 0 Å². The van der Waals surface area contributed by atoms with E-state index in [2.05, 4.69) is 44.8 Å². The average molecular weight is 370 g/mol. The molecule has 0 radical (unpaired) electrons. The second-order valence-electron chi connectivity index (χ2n) is 6.14. The molecule has 3 N–H and O–H groups in total. The van der Waals surface area contributed by atoms with Crippen LogP contribution in [0.4, 0.5) is 11.4 Å². The quantitative estimate of drug-likeness (QED) is 0.603. The van der Waals surface area contributed by atoms with Gasteiger partial charge in [0.25, 0.3) is 0 Å². The number of fused-ring (bicyclic) bond motifs is 1. The van der Waals surface area contributed by atoms with Crippen LogP contribution in [0.2, 0.25) is 0 Å². The van der Waals surface area contributed by atoms with E-state index in [1.54, 1.807) is 36.0 Å². The molecule has 3 aromatic rings. The summed E-state index contributed by atoms with van der Waals surface area (Å²) >= 11 is 1.60. The first-order valence-electron chi connectivity index (χ1n) is 8.02. The van der Waals surface area contributed by atoms with Crippen LogP contribution in [-0.4, -0.2) is 34.2 Å². The lowest BCUT2D eigenvalue weighted by Crippen LogP contribution is -2.99. The number of anilines is 1. The van der Waals surface area contributed by atoms with Crippen molar-refractivity contribution in [2.75, 3.05) is 24.4 Å². The molecule has 1 aliphatic heterocycles. The SMILES string of the molecule is CN(C)c1ccc([C@@H]2Nn3c(nnc3-c3ccc([NH+]([O-])O)cc3)S2)cc1. The van der Waals surface area contributed by atoms with Crippen molar-refractivity contribution in [2.45, 2.75) is 10.5 Å². The molecule has 0 saturated heterocycles. The van der Waals surface area contributed by atoms with Crippen molar-refractivity contribution in [3.63, 3.8) is 0 Å². The maximum Gasteiger partial charge on any atom is 0.212 e. The van der Waals surface area contributed by atoms with Gasteiger partial charge in [-0.15, -0.1) is 10.2 Å². The highest BCUT2D eigenvalue weighted by molar-refractivity contribution is 7.99. The molecule has 1 unspecified atom stereocenters. The molecule has 0 bridgehead atoms. The molecule has 1 aliphatic rings. The Hall–Kier alpha value is -2.59. The van der Waals surface area contributed by atoms with E-state index < -0.39 is 5.23 Å². The van der Waals surface area contributed by atoms with Gasteiger partial charge in [-0.1, -0.05) is 23.9 Å². The highest BCUT2D eigenvalue weighted by Crippen LogP contribution is 2.40. The lowest BCUT2D eigenvalue weighted by atomic mass is 10.2. The maximum atomic E-state index is 11.0. The minimum Gasteiger partial charge on any atom is -0.595 e. The Balaban J connectivity index is 1.57. The molecule has 2 aromatic carbocycles.